The molecular weight excluding hydrogens is 307 g/mol. The molecular formula is C19H21FN2O2. The number of methoxy groups -OCH3 is 1. The second kappa shape index (κ2) is 7.34. The molecule has 126 valence electrons. The van der Waals surface area contributed by atoms with Crippen LogP contribution in [0.4, 0.5) is 10.1 Å². The number of carbonyl (C=O) groups is 1. The number of rotatable bonds is 5. The minimum Gasteiger partial charge on any atom is -0.494 e. The number of halogens is 1. The van der Waals surface area contributed by atoms with E-state index in [-0.39, 0.29) is 11.7 Å². The van der Waals surface area contributed by atoms with E-state index in [1.165, 1.54) is 24.9 Å². The summed E-state index contributed by atoms with van der Waals surface area (Å²) in [5.74, 6) is -0.242. The van der Waals surface area contributed by atoms with Crippen LogP contribution in [0.3, 0.4) is 0 Å². The Balaban J connectivity index is 1.53. The van der Waals surface area contributed by atoms with Crippen molar-refractivity contribution in [2.45, 2.75) is 6.42 Å². The van der Waals surface area contributed by atoms with Gasteiger partial charge in [0, 0.05) is 30.9 Å². The van der Waals surface area contributed by atoms with Gasteiger partial charge in [0.15, 0.2) is 11.6 Å². The number of nitrogens with zero attached hydrogens (tertiary/aromatic N) is 1. The van der Waals surface area contributed by atoms with E-state index in [0.29, 0.717) is 18.0 Å². The molecule has 5 heteroatoms. The van der Waals surface area contributed by atoms with Gasteiger partial charge >= 0.3 is 0 Å². The number of amides is 1. The molecule has 0 radical (unpaired) electrons. The number of nitrogens with one attached hydrogen (secondary N) is 1. The maximum atomic E-state index is 13.7. The molecule has 2 aromatic carbocycles. The Labute approximate surface area is 141 Å². The van der Waals surface area contributed by atoms with Gasteiger partial charge < -0.3 is 15.0 Å². The van der Waals surface area contributed by atoms with E-state index >= 15 is 0 Å². The number of benzene rings is 2. The molecule has 0 bridgehead atoms. The highest BCUT2D eigenvalue weighted by atomic mass is 19.1. The predicted molar refractivity (Wildman–Crippen MR) is 92.0 cm³/mol. The lowest BCUT2D eigenvalue weighted by Gasteiger charge is -2.18. The molecule has 1 heterocycles. The molecule has 1 saturated heterocycles. The zero-order chi connectivity index (χ0) is 16.9. The van der Waals surface area contributed by atoms with E-state index in [2.05, 4.69) is 22.3 Å². The Hall–Kier alpha value is -2.56. The maximum absolute atomic E-state index is 13.7. The monoisotopic (exact) mass is 328 g/mol. The molecule has 0 spiro atoms. The molecule has 1 N–H and O–H groups in total. The van der Waals surface area contributed by atoms with Crippen LogP contribution < -0.4 is 15.0 Å². The largest absolute Gasteiger partial charge is 0.494 e. The minimum atomic E-state index is -0.527. The first-order chi connectivity index (χ1) is 11.7. The third-order valence-electron chi connectivity index (χ3n) is 4.37. The van der Waals surface area contributed by atoms with Crippen LogP contribution in [-0.2, 0) is 0 Å². The van der Waals surface area contributed by atoms with Crippen molar-refractivity contribution in [2.75, 3.05) is 31.6 Å². The fourth-order valence-corrected chi connectivity index (χ4v) is 3.02. The first-order valence-electron chi connectivity index (χ1n) is 8.09. The Morgan fingerprint density at radius 1 is 1.29 bits per heavy atom. The van der Waals surface area contributed by atoms with Gasteiger partial charge in [-0.3, -0.25) is 4.79 Å². The summed E-state index contributed by atoms with van der Waals surface area (Å²) in [5.41, 5.74) is 1.52. The molecule has 1 aliphatic heterocycles. The highest BCUT2D eigenvalue weighted by Gasteiger charge is 2.23. The van der Waals surface area contributed by atoms with Gasteiger partial charge in [-0.2, -0.15) is 0 Å². The highest BCUT2D eigenvalue weighted by Crippen LogP contribution is 2.23. The third kappa shape index (κ3) is 3.67. The Bertz CT molecular complexity index is 706. The Kier molecular flexibility index (Phi) is 4.99. The van der Waals surface area contributed by atoms with E-state index < -0.39 is 5.82 Å². The molecule has 3 rings (SSSR count). The lowest BCUT2D eigenvalue weighted by atomic mass is 10.1. The van der Waals surface area contributed by atoms with Crippen LogP contribution in [0.15, 0.2) is 48.5 Å². The SMILES string of the molecule is COc1ccc(C(=O)NC[C@@H]2CCN(c3ccccc3)C2)cc1F. The Morgan fingerprint density at radius 3 is 2.79 bits per heavy atom. The van der Waals surface area contributed by atoms with Gasteiger partial charge in [-0.25, -0.2) is 4.39 Å². The summed E-state index contributed by atoms with van der Waals surface area (Å²) < 4.78 is 18.5. The van der Waals surface area contributed by atoms with Crippen LogP contribution in [0.1, 0.15) is 16.8 Å². The summed E-state index contributed by atoms with van der Waals surface area (Å²) in [6, 6.07) is 14.5. The molecule has 1 fully saturated rings. The van der Waals surface area contributed by atoms with Crippen LogP contribution in [0, 0.1) is 11.7 Å². The number of hydrogen-bond donors (Lipinski definition) is 1. The lowest BCUT2D eigenvalue weighted by molar-refractivity contribution is 0.0947. The predicted octanol–water partition coefficient (Wildman–Crippen LogP) is 3.09. The van der Waals surface area contributed by atoms with Crippen LogP contribution in [-0.4, -0.2) is 32.7 Å². The summed E-state index contributed by atoms with van der Waals surface area (Å²) in [6.07, 6.45) is 1.03. The second-order valence-electron chi connectivity index (χ2n) is 6.00. The van der Waals surface area contributed by atoms with Gasteiger partial charge in [0.05, 0.1) is 7.11 Å². The molecule has 1 aliphatic rings. The van der Waals surface area contributed by atoms with Crippen molar-refractivity contribution < 1.29 is 13.9 Å². The van der Waals surface area contributed by atoms with E-state index in [0.717, 1.165) is 19.5 Å². The molecule has 0 saturated carbocycles. The van der Waals surface area contributed by atoms with Gasteiger partial charge in [0.2, 0.25) is 0 Å². The number of anilines is 1. The standard InChI is InChI=1S/C19H21FN2O2/c1-24-18-8-7-15(11-17(18)20)19(23)21-12-14-9-10-22(13-14)16-5-3-2-4-6-16/h2-8,11,14H,9-10,12-13H2,1H3,(H,21,23)/t14-/m0/s1. The van der Waals surface area contributed by atoms with Gasteiger partial charge in [-0.1, -0.05) is 18.2 Å². The summed E-state index contributed by atoms with van der Waals surface area (Å²) in [6.45, 7) is 2.50. The van der Waals surface area contributed by atoms with Gasteiger partial charge in [-0.05, 0) is 42.7 Å². The van der Waals surface area contributed by atoms with E-state index in [4.69, 9.17) is 4.74 Å². The average Bonchev–Trinajstić information content (AvgIpc) is 3.09. The molecule has 24 heavy (non-hydrogen) atoms. The highest BCUT2D eigenvalue weighted by molar-refractivity contribution is 5.94. The third-order valence-corrected chi connectivity index (χ3v) is 4.37. The van der Waals surface area contributed by atoms with Crippen molar-refractivity contribution >= 4 is 11.6 Å². The topological polar surface area (TPSA) is 41.6 Å². The number of carbonyl (C=O) groups excluding carboxylic acids is 1. The molecule has 1 amide bonds. The fraction of sp³-hybridized carbons (Fsp3) is 0.316. The van der Waals surface area contributed by atoms with Crippen LogP contribution in [0.25, 0.3) is 0 Å². The molecule has 0 unspecified atom stereocenters. The van der Waals surface area contributed by atoms with Crippen molar-refractivity contribution in [3.63, 3.8) is 0 Å². The van der Waals surface area contributed by atoms with Crippen molar-refractivity contribution in [3.05, 3.63) is 59.9 Å². The summed E-state index contributed by atoms with van der Waals surface area (Å²) >= 11 is 0. The van der Waals surface area contributed by atoms with E-state index in [9.17, 15) is 9.18 Å². The molecule has 4 nitrogen and oxygen atoms in total. The minimum absolute atomic E-state index is 0.140. The lowest BCUT2D eigenvalue weighted by Crippen LogP contribution is -2.31. The van der Waals surface area contributed by atoms with Crippen molar-refractivity contribution in [1.29, 1.82) is 0 Å². The van der Waals surface area contributed by atoms with Gasteiger partial charge in [0.25, 0.3) is 5.91 Å². The van der Waals surface area contributed by atoms with Crippen LogP contribution in [0.5, 0.6) is 5.75 Å². The Morgan fingerprint density at radius 2 is 2.08 bits per heavy atom. The summed E-state index contributed by atoms with van der Waals surface area (Å²) in [5, 5.41) is 2.90. The number of para-hydroxylation sites is 1. The second-order valence-corrected chi connectivity index (χ2v) is 6.00. The van der Waals surface area contributed by atoms with Crippen LogP contribution in [0.2, 0.25) is 0 Å². The van der Waals surface area contributed by atoms with Gasteiger partial charge in [0.1, 0.15) is 0 Å². The molecule has 0 aromatic heterocycles. The zero-order valence-corrected chi connectivity index (χ0v) is 13.7. The van der Waals surface area contributed by atoms with Crippen molar-refractivity contribution in [3.8, 4) is 5.75 Å². The van der Waals surface area contributed by atoms with Crippen molar-refractivity contribution in [1.82, 2.24) is 5.32 Å². The van der Waals surface area contributed by atoms with E-state index in [1.54, 1.807) is 6.07 Å². The molecule has 1 atom stereocenters. The smallest absolute Gasteiger partial charge is 0.251 e. The normalized spacial score (nSPS) is 16.9. The fourth-order valence-electron chi connectivity index (χ4n) is 3.02. The first-order valence-corrected chi connectivity index (χ1v) is 8.09. The quantitative estimate of drug-likeness (QED) is 0.917. The summed E-state index contributed by atoms with van der Waals surface area (Å²) in [4.78, 5) is 14.5. The summed E-state index contributed by atoms with van der Waals surface area (Å²) in [7, 11) is 1.40. The van der Waals surface area contributed by atoms with Crippen LogP contribution >= 0.6 is 0 Å². The average molecular weight is 328 g/mol. The van der Waals surface area contributed by atoms with Gasteiger partial charge in [-0.15, -0.1) is 0 Å². The zero-order valence-electron chi connectivity index (χ0n) is 13.7. The maximum Gasteiger partial charge on any atom is 0.251 e. The first kappa shape index (κ1) is 16.3. The molecule has 0 aliphatic carbocycles. The molecule has 2 aromatic rings. The van der Waals surface area contributed by atoms with E-state index in [1.807, 2.05) is 18.2 Å². The number of ether oxygens (including phenoxy) is 1. The van der Waals surface area contributed by atoms with Crippen molar-refractivity contribution in [2.24, 2.45) is 5.92 Å². The number of hydrogen-bond acceptors (Lipinski definition) is 3.